The van der Waals surface area contributed by atoms with Gasteiger partial charge in [-0.05, 0) is 92.3 Å². The Morgan fingerprint density at radius 2 is 1.38 bits per heavy atom. The highest BCUT2D eigenvalue weighted by molar-refractivity contribution is 7.91. The number of hydrogen-bond acceptors (Lipinski definition) is 5. The normalized spacial score (nSPS) is 34.1. The van der Waals surface area contributed by atoms with Crippen molar-refractivity contribution in [2.75, 3.05) is 18.1 Å². The summed E-state index contributed by atoms with van der Waals surface area (Å²) in [7, 11) is -3.62. The van der Waals surface area contributed by atoms with E-state index < -0.39 is 40.5 Å². The second kappa shape index (κ2) is 16.7. The summed E-state index contributed by atoms with van der Waals surface area (Å²) in [6.45, 7) is 5.49. The number of Topliss-reactive ketones (excluding diaryl/α,β-unsaturated/α-hetero) is 1. The maximum absolute atomic E-state index is 13.0. The van der Waals surface area contributed by atoms with E-state index in [-0.39, 0.29) is 28.8 Å². The number of halogens is 5. The topological polar surface area (TPSA) is 80.7 Å². The van der Waals surface area contributed by atoms with Crippen molar-refractivity contribution >= 4 is 15.6 Å². The van der Waals surface area contributed by atoms with Gasteiger partial charge in [0, 0.05) is 25.9 Å². The molecule has 4 fully saturated rings. The molecule has 0 aromatic heterocycles. The first kappa shape index (κ1) is 40.0. The van der Waals surface area contributed by atoms with Crippen molar-refractivity contribution in [1.29, 1.82) is 0 Å². The van der Waals surface area contributed by atoms with Crippen LogP contribution in [0.25, 0.3) is 0 Å². The lowest BCUT2D eigenvalue weighted by molar-refractivity contribution is -0.284. The third kappa shape index (κ3) is 9.74. The van der Waals surface area contributed by atoms with Gasteiger partial charge in [-0.25, -0.2) is 8.42 Å². The SMILES string of the molecule is C[C@]12CCC(=O)CC1CC[C@@H]1[C@H]2C(OCCCCCCCCCCCCCS(=O)(=O)CCCC(F)(F)C(F)(F)F)C[C@]2(C)C(O)CC[C@@H]12. The average molecular weight is 713 g/mol. The molecule has 1 N–H and O–H groups in total. The molecule has 0 aliphatic heterocycles. The smallest absolute Gasteiger partial charge is 0.393 e. The Kier molecular flexibility index (Phi) is 13.9. The summed E-state index contributed by atoms with van der Waals surface area (Å²) in [5.74, 6) is -3.15. The van der Waals surface area contributed by atoms with E-state index in [1.165, 1.54) is 6.42 Å². The van der Waals surface area contributed by atoms with E-state index in [0.717, 1.165) is 103 Å². The van der Waals surface area contributed by atoms with Gasteiger partial charge in [-0.3, -0.25) is 4.79 Å². The van der Waals surface area contributed by atoms with Gasteiger partial charge in [0.25, 0.3) is 0 Å². The van der Waals surface area contributed by atoms with E-state index in [1.807, 2.05) is 0 Å². The summed E-state index contributed by atoms with van der Waals surface area (Å²) in [5.41, 5.74) is 0.0847. The van der Waals surface area contributed by atoms with Crippen LogP contribution in [0.15, 0.2) is 0 Å². The van der Waals surface area contributed by atoms with Crippen molar-refractivity contribution in [3.63, 3.8) is 0 Å². The van der Waals surface area contributed by atoms with E-state index in [0.29, 0.717) is 48.7 Å². The number of unbranched alkanes of at least 4 members (excludes halogenated alkanes) is 10. The largest absolute Gasteiger partial charge is 0.453 e. The molecule has 3 unspecified atom stereocenters. The maximum atomic E-state index is 13.0. The number of carbonyl (C=O) groups excluding carboxylic acids is 1. The lowest BCUT2D eigenvalue weighted by Gasteiger charge is -2.62. The predicted molar refractivity (Wildman–Crippen MR) is 178 cm³/mol. The van der Waals surface area contributed by atoms with E-state index in [1.54, 1.807) is 0 Å². The number of aliphatic hydroxyl groups excluding tert-OH is 1. The Labute approximate surface area is 285 Å². The highest BCUT2D eigenvalue weighted by Gasteiger charge is 2.63. The molecular weight excluding hydrogens is 651 g/mol. The molecule has 4 rings (SSSR count). The van der Waals surface area contributed by atoms with Gasteiger partial charge in [-0.15, -0.1) is 0 Å². The number of hydrogen-bond donors (Lipinski definition) is 1. The summed E-state index contributed by atoms with van der Waals surface area (Å²) in [6.07, 6.45) is 10.5. The first-order valence-electron chi connectivity index (χ1n) is 19.0. The van der Waals surface area contributed by atoms with E-state index in [2.05, 4.69) is 13.8 Å². The van der Waals surface area contributed by atoms with Crippen LogP contribution in [-0.4, -0.2) is 61.7 Å². The zero-order valence-corrected chi connectivity index (χ0v) is 30.1. The number of alkyl halides is 5. The van der Waals surface area contributed by atoms with Crippen molar-refractivity contribution in [3.05, 3.63) is 0 Å². The van der Waals surface area contributed by atoms with Crippen LogP contribution in [0.4, 0.5) is 22.0 Å². The second-order valence-corrected chi connectivity index (χ2v) is 18.7. The van der Waals surface area contributed by atoms with Crippen LogP contribution in [0.1, 0.15) is 149 Å². The molecule has 4 aliphatic carbocycles. The third-order valence-electron chi connectivity index (χ3n) is 13.1. The van der Waals surface area contributed by atoms with Gasteiger partial charge in [-0.2, -0.15) is 22.0 Å². The summed E-state index contributed by atoms with van der Waals surface area (Å²) in [6, 6.07) is 0. The molecule has 4 saturated carbocycles. The number of fused-ring (bicyclic) bond motifs is 5. The van der Waals surface area contributed by atoms with Crippen LogP contribution in [0.2, 0.25) is 0 Å². The molecule has 0 aromatic carbocycles. The zero-order valence-electron chi connectivity index (χ0n) is 29.3. The molecule has 48 heavy (non-hydrogen) atoms. The van der Waals surface area contributed by atoms with Gasteiger partial charge < -0.3 is 9.84 Å². The van der Waals surface area contributed by atoms with Crippen molar-refractivity contribution in [2.45, 2.75) is 173 Å². The number of ether oxygens (including phenoxy) is 1. The molecule has 5 nitrogen and oxygen atoms in total. The number of ketones is 1. The number of rotatable bonds is 19. The summed E-state index contributed by atoms with van der Waals surface area (Å²) < 4.78 is 93.3. The standard InChI is InChI=1S/C37H61F5O5S/c1-34-21-19-28(43)25-27(34)15-16-29-30-17-18-32(44)35(30,2)26-31(33(29)34)47-22-12-10-8-6-4-3-5-7-9-11-13-23-48(45,46)24-14-20-36(38,39)37(40,41)42/h27,29-33,44H,3-26H2,1-2H3/t27?,29-,30-,31?,32?,33-,34-,35-/m0/s1. The summed E-state index contributed by atoms with van der Waals surface area (Å²) in [4.78, 5) is 12.4. The van der Waals surface area contributed by atoms with Gasteiger partial charge in [0.2, 0.25) is 0 Å². The second-order valence-electron chi connectivity index (χ2n) is 16.4. The van der Waals surface area contributed by atoms with Gasteiger partial charge in [0.05, 0.1) is 23.7 Å². The minimum absolute atomic E-state index is 0.0672. The fourth-order valence-electron chi connectivity index (χ4n) is 10.3. The lowest BCUT2D eigenvalue weighted by atomic mass is 9.44. The van der Waals surface area contributed by atoms with E-state index in [9.17, 15) is 40.3 Å². The van der Waals surface area contributed by atoms with Crippen LogP contribution in [0.5, 0.6) is 0 Å². The minimum atomic E-state index is -5.65. The highest BCUT2D eigenvalue weighted by atomic mass is 32.2. The predicted octanol–water partition coefficient (Wildman–Crippen LogP) is 9.64. The molecular formula is C37H61F5O5S. The molecule has 0 aromatic rings. The third-order valence-corrected chi connectivity index (χ3v) is 15.0. The molecule has 0 bridgehead atoms. The number of sulfone groups is 1. The average Bonchev–Trinajstić information content (AvgIpc) is 3.30. The molecule has 280 valence electrons. The molecule has 4 aliphatic rings. The first-order chi connectivity index (χ1) is 22.5. The molecule has 8 atom stereocenters. The molecule has 0 saturated heterocycles. The van der Waals surface area contributed by atoms with Gasteiger partial charge >= 0.3 is 12.1 Å². The maximum Gasteiger partial charge on any atom is 0.453 e. The van der Waals surface area contributed by atoms with Crippen LogP contribution in [-0.2, 0) is 19.4 Å². The van der Waals surface area contributed by atoms with Crippen molar-refractivity contribution in [1.82, 2.24) is 0 Å². The fraction of sp³-hybridized carbons (Fsp3) is 0.973. The number of carbonyl (C=O) groups is 1. The van der Waals surface area contributed by atoms with Crippen LogP contribution < -0.4 is 0 Å². The first-order valence-corrected chi connectivity index (χ1v) is 20.8. The Hall–Kier alpha value is -0.810. The van der Waals surface area contributed by atoms with Crippen LogP contribution in [0, 0.1) is 34.5 Å². The Balaban J connectivity index is 1.05. The molecule has 0 heterocycles. The zero-order chi connectivity index (χ0) is 35.2. The summed E-state index contributed by atoms with van der Waals surface area (Å²) >= 11 is 0. The number of aliphatic hydroxyl groups is 1. The van der Waals surface area contributed by atoms with Crippen LogP contribution >= 0.6 is 0 Å². The Morgan fingerprint density at radius 3 is 2.00 bits per heavy atom. The van der Waals surface area contributed by atoms with Crippen molar-refractivity contribution in [2.24, 2.45) is 34.5 Å². The summed E-state index contributed by atoms with van der Waals surface area (Å²) in [5, 5.41) is 11.0. The lowest BCUT2D eigenvalue weighted by Crippen LogP contribution is -2.60. The molecule has 0 radical (unpaired) electrons. The Morgan fingerprint density at radius 1 is 0.792 bits per heavy atom. The van der Waals surface area contributed by atoms with Crippen LogP contribution in [0.3, 0.4) is 0 Å². The Bertz CT molecular complexity index is 1150. The van der Waals surface area contributed by atoms with Gasteiger partial charge in [0.15, 0.2) is 0 Å². The minimum Gasteiger partial charge on any atom is -0.393 e. The monoisotopic (exact) mass is 712 g/mol. The van der Waals surface area contributed by atoms with Gasteiger partial charge in [-0.1, -0.05) is 71.6 Å². The quantitative estimate of drug-likeness (QED) is 0.107. The van der Waals surface area contributed by atoms with Gasteiger partial charge in [0.1, 0.15) is 15.6 Å². The van der Waals surface area contributed by atoms with E-state index in [4.69, 9.17) is 4.74 Å². The van der Waals surface area contributed by atoms with E-state index >= 15 is 0 Å². The molecule has 0 spiro atoms. The van der Waals surface area contributed by atoms with Crippen molar-refractivity contribution in [3.8, 4) is 0 Å². The molecule has 11 heteroatoms. The fourth-order valence-corrected chi connectivity index (χ4v) is 11.7. The van der Waals surface area contributed by atoms with Crippen molar-refractivity contribution < 1.29 is 45.0 Å². The molecule has 0 amide bonds. The highest BCUT2D eigenvalue weighted by Crippen LogP contribution is 2.66.